The van der Waals surface area contributed by atoms with Crippen LogP contribution in [0.5, 0.6) is 0 Å². The van der Waals surface area contributed by atoms with Gasteiger partial charge in [0.25, 0.3) is 0 Å². The highest BCUT2D eigenvalue weighted by Crippen LogP contribution is 2.54. The largest absolute Gasteiger partial charge is 0.469 e. The molecule has 4 saturated heterocycles. The second kappa shape index (κ2) is 18.0. The van der Waals surface area contributed by atoms with Crippen molar-refractivity contribution >= 4 is 17.7 Å². The van der Waals surface area contributed by atoms with Crippen LogP contribution in [0.4, 0.5) is 0 Å². The minimum absolute atomic E-state index is 0.00334. The van der Waals surface area contributed by atoms with E-state index in [-0.39, 0.29) is 65.8 Å². The van der Waals surface area contributed by atoms with Crippen molar-refractivity contribution in [2.75, 3.05) is 7.11 Å². The Kier molecular flexibility index (Phi) is 14.5. The summed E-state index contributed by atoms with van der Waals surface area (Å²) in [5.41, 5.74) is -1.69. The number of aliphatic hydroxyl groups is 2. The molecule has 0 aromatic heterocycles. The molecule has 57 heavy (non-hydrogen) atoms. The van der Waals surface area contributed by atoms with Gasteiger partial charge in [-0.25, -0.2) is 0 Å². The molecule has 5 heterocycles. The first kappa shape index (κ1) is 46.1. The molecular formula is C45H74O12. The molecule has 0 amide bonds. The number of esters is 2. The van der Waals surface area contributed by atoms with Crippen LogP contribution >= 0.6 is 0 Å². The molecule has 3 unspecified atom stereocenters. The number of hydrogen-bond acceptors (Lipinski definition) is 12. The first-order valence-electron chi connectivity index (χ1n) is 22.0. The van der Waals surface area contributed by atoms with E-state index in [0.29, 0.717) is 51.4 Å². The van der Waals surface area contributed by atoms with Gasteiger partial charge in [-0.1, -0.05) is 55.4 Å². The number of Topliss-reactive ketones (excluding diaryl/α,β-unsaturated/α-hetero) is 1. The fourth-order valence-electron chi connectivity index (χ4n) is 10.9. The van der Waals surface area contributed by atoms with Gasteiger partial charge in [0.2, 0.25) is 5.79 Å². The van der Waals surface area contributed by atoms with Crippen LogP contribution in [0, 0.1) is 41.4 Å². The molecule has 0 aliphatic carbocycles. The molecule has 5 aliphatic rings. The quantitative estimate of drug-likeness (QED) is 0.148. The fourth-order valence-corrected chi connectivity index (χ4v) is 10.9. The number of carbonyl (C=O) groups is 3. The third kappa shape index (κ3) is 8.94. The highest BCUT2D eigenvalue weighted by atomic mass is 16.8. The minimum Gasteiger partial charge on any atom is -0.469 e. The van der Waals surface area contributed by atoms with Gasteiger partial charge in [-0.05, 0) is 95.6 Å². The van der Waals surface area contributed by atoms with Gasteiger partial charge in [-0.15, -0.1) is 0 Å². The zero-order valence-electron chi connectivity index (χ0n) is 36.8. The molecule has 0 radical (unpaired) electrons. The van der Waals surface area contributed by atoms with Crippen LogP contribution in [0.15, 0.2) is 12.2 Å². The molecule has 0 aromatic rings. The molecule has 2 N–H and O–H groups in total. The lowest BCUT2D eigenvalue weighted by Crippen LogP contribution is -2.63. The molecule has 0 aromatic carbocycles. The molecule has 12 heteroatoms. The summed E-state index contributed by atoms with van der Waals surface area (Å²) in [5, 5.41) is 23.0. The molecule has 18 atom stereocenters. The third-order valence-electron chi connectivity index (χ3n) is 14.9. The SMILES string of the molecule is CC[C@@H](C(=O)[C@@H](C)[C@@H](O)[C@H](C)C1O[C@@H]([C@@H](CC)C(=O)OC)CC[C@@H]1C)[C@H]1O[C@]2(C=CC(OC(C)=O)C3(CC[C@@](C)([C@H]4CC[C@](O)(CC)[C@H](C)O4)O3)O2)[C@H](C)C[C@@H]1C. The lowest BCUT2D eigenvalue weighted by molar-refractivity contribution is -0.409. The third-order valence-corrected chi connectivity index (χ3v) is 14.9. The zero-order chi connectivity index (χ0) is 42.2. The molecule has 5 aliphatic heterocycles. The first-order valence-corrected chi connectivity index (χ1v) is 22.0. The van der Waals surface area contributed by atoms with E-state index in [2.05, 4.69) is 20.8 Å². The van der Waals surface area contributed by atoms with E-state index in [1.54, 1.807) is 6.92 Å². The van der Waals surface area contributed by atoms with Crippen molar-refractivity contribution in [1.82, 2.24) is 0 Å². The normalized spacial score (nSPS) is 43.6. The van der Waals surface area contributed by atoms with E-state index in [1.165, 1.54) is 14.0 Å². The topological polar surface area (TPSA) is 156 Å². The van der Waals surface area contributed by atoms with Crippen molar-refractivity contribution in [2.45, 2.75) is 206 Å². The number of carbonyl (C=O) groups excluding carboxylic acids is 3. The number of aliphatic hydroxyl groups excluding tert-OH is 1. The van der Waals surface area contributed by atoms with Crippen LogP contribution in [0.25, 0.3) is 0 Å². The number of rotatable bonds is 13. The van der Waals surface area contributed by atoms with Gasteiger partial charge in [0.05, 0.1) is 60.9 Å². The Morgan fingerprint density at radius 3 is 2.18 bits per heavy atom. The second-order valence-electron chi connectivity index (χ2n) is 18.7. The van der Waals surface area contributed by atoms with Gasteiger partial charge < -0.3 is 43.4 Å². The number of methoxy groups -OCH3 is 1. The summed E-state index contributed by atoms with van der Waals surface area (Å²) in [6, 6.07) is 0. The molecule has 0 saturated carbocycles. The van der Waals surface area contributed by atoms with Gasteiger partial charge in [-0.3, -0.25) is 14.4 Å². The average molecular weight is 807 g/mol. The van der Waals surface area contributed by atoms with Crippen LogP contribution in [-0.2, 0) is 47.5 Å². The molecule has 5 rings (SSSR count). The Morgan fingerprint density at radius 2 is 1.58 bits per heavy atom. The summed E-state index contributed by atoms with van der Waals surface area (Å²) in [5.74, 6) is -5.47. The number of hydrogen-bond donors (Lipinski definition) is 2. The van der Waals surface area contributed by atoms with Crippen molar-refractivity contribution in [3.05, 3.63) is 12.2 Å². The van der Waals surface area contributed by atoms with Crippen molar-refractivity contribution in [1.29, 1.82) is 0 Å². The standard InChI is InChI=1S/C45H74O12/c1-13-32(41(49)51-12)34-17-16-25(4)39(54-34)29(8)37(47)28(7)38(48)33(14-2)40-26(5)24-27(6)44(55-40)21-19-36(53-31(10)46)45(57-44)23-22-42(11,56-45)35-18-20-43(50,15-3)30(9)52-35/h19,21,25-30,32-37,39-40,47,50H,13-18,20,22-24H2,1-12H3/t25-,26-,27+,28-,29-,30-,32+,33-,34+,35+,36?,37+,39?,40-,42-,43+,44-,45?/m0/s1. The number of ketones is 1. The van der Waals surface area contributed by atoms with E-state index in [1.807, 2.05) is 53.7 Å². The van der Waals surface area contributed by atoms with Crippen LogP contribution in [0.1, 0.15) is 140 Å². The van der Waals surface area contributed by atoms with Gasteiger partial charge in [-0.2, -0.15) is 0 Å². The average Bonchev–Trinajstić information content (AvgIpc) is 3.52. The minimum atomic E-state index is -1.37. The van der Waals surface area contributed by atoms with E-state index >= 15 is 0 Å². The maximum atomic E-state index is 14.6. The predicted molar refractivity (Wildman–Crippen MR) is 213 cm³/mol. The predicted octanol–water partition coefficient (Wildman–Crippen LogP) is 6.85. The summed E-state index contributed by atoms with van der Waals surface area (Å²) >= 11 is 0. The van der Waals surface area contributed by atoms with Gasteiger partial charge >= 0.3 is 11.9 Å². The molecule has 326 valence electrons. The summed E-state index contributed by atoms with van der Waals surface area (Å²) in [4.78, 5) is 39.6. The van der Waals surface area contributed by atoms with Crippen LogP contribution in [0.3, 0.4) is 0 Å². The maximum absolute atomic E-state index is 14.6. The van der Waals surface area contributed by atoms with Crippen molar-refractivity contribution in [3.8, 4) is 0 Å². The van der Waals surface area contributed by atoms with Crippen LogP contribution < -0.4 is 0 Å². The Hall–Kier alpha value is -1.93. The molecule has 0 bridgehead atoms. The van der Waals surface area contributed by atoms with Crippen molar-refractivity contribution in [2.24, 2.45) is 41.4 Å². The number of ether oxygens (including phenoxy) is 7. The van der Waals surface area contributed by atoms with Gasteiger partial charge in [0.15, 0.2) is 11.9 Å². The molecule has 4 fully saturated rings. The van der Waals surface area contributed by atoms with E-state index in [0.717, 1.165) is 12.8 Å². The Morgan fingerprint density at radius 1 is 0.895 bits per heavy atom. The monoisotopic (exact) mass is 807 g/mol. The van der Waals surface area contributed by atoms with Crippen LogP contribution in [0.2, 0.25) is 0 Å². The Balaban J connectivity index is 1.36. The smallest absolute Gasteiger partial charge is 0.311 e. The Bertz CT molecular complexity index is 1450. The highest BCUT2D eigenvalue weighted by Gasteiger charge is 2.64. The maximum Gasteiger partial charge on any atom is 0.311 e. The first-order chi connectivity index (χ1) is 26.7. The summed E-state index contributed by atoms with van der Waals surface area (Å²) in [7, 11) is 1.39. The summed E-state index contributed by atoms with van der Waals surface area (Å²) in [6.45, 7) is 21.2. The lowest BCUT2D eigenvalue weighted by atomic mass is 9.72. The highest BCUT2D eigenvalue weighted by molar-refractivity contribution is 5.84. The Labute approximate surface area is 341 Å². The molecule has 12 nitrogen and oxygen atoms in total. The summed E-state index contributed by atoms with van der Waals surface area (Å²) in [6.07, 6.45) is 6.10. The lowest BCUT2D eigenvalue weighted by Gasteiger charge is -2.54. The van der Waals surface area contributed by atoms with E-state index in [4.69, 9.17) is 33.2 Å². The molecule has 2 spiro atoms. The van der Waals surface area contributed by atoms with Gasteiger partial charge in [0, 0.05) is 37.0 Å². The van der Waals surface area contributed by atoms with E-state index in [9.17, 15) is 24.6 Å². The second-order valence-corrected chi connectivity index (χ2v) is 18.7. The summed E-state index contributed by atoms with van der Waals surface area (Å²) < 4.78 is 45.1. The van der Waals surface area contributed by atoms with Crippen molar-refractivity contribution < 1.29 is 57.8 Å². The fraction of sp³-hybridized carbons (Fsp3) is 0.889. The van der Waals surface area contributed by atoms with Crippen LogP contribution in [-0.4, -0.2) is 101 Å². The molecular weight excluding hydrogens is 732 g/mol. The van der Waals surface area contributed by atoms with E-state index < -0.39 is 58.9 Å². The van der Waals surface area contributed by atoms with Gasteiger partial charge in [0.1, 0.15) is 5.78 Å². The zero-order valence-corrected chi connectivity index (χ0v) is 36.8. The van der Waals surface area contributed by atoms with Crippen molar-refractivity contribution in [3.63, 3.8) is 0 Å².